The molecule has 3 atom stereocenters. The Balaban J connectivity index is 1.28. The van der Waals surface area contributed by atoms with Crippen LogP contribution in [0, 0.1) is 5.92 Å². The zero-order valence-electron chi connectivity index (χ0n) is 19.3. The summed E-state index contributed by atoms with van der Waals surface area (Å²) in [6.07, 6.45) is 3.49. The van der Waals surface area contributed by atoms with Crippen molar-refractivity contribution in [3.8, 4) is 16.9 Å². The molecular weight excluding hydrogens is 410 g/mol. The molecule has 1 saturated heterocycles. The zero-order chi connectivity index (χ0) is 22.5. The van der Waals surface area contributed by atoms with Crippen LogP contribution in [0.3, 0.4) is 0 Å². The zero-order valence-corrected chi connectivity index (χ0v) is 19.3. The fourth-order valence-electron chi connectivity index (χ4n) is 6.14. The topological polar surface area (TPSA) is 40.6 Å². The van der Waals surface area contributed by atoms with Gasteiger partial charge in [0.2, 0.25) is 0 Å². The summed E-state index contributed by atoms with van der Waals surface area (Å²) in [5.74, 6) is 1.80. The van der Waals surface area contributed by atoms with E-state index in [1.165, 1.54) is 28.6 Å². The van der Waals surface area contributed by atoms with Gasteiger partial charge in [0.05, 0.1) is 20.2 Å². The maximum Gasteiger partial charge on any atom is 0.258 e. The quantitative estimate of drug-likeness (QED) is 0.529. The van der Waals surface area contributed by atoms with Gasteiger partial charge in [-0.05, 0) is 42.3 Å². The first-order chi connectivity index (χ1) is 16.1. The first-order valence-corrected chi connectivity index (χ1v) is 11.9. The highest BCUT2D eigenvalue weighted by Crippen LogP contribution is 2.32. The molecule has 2 aliphatic heterocycles. The molecule has 2 aromatic carbocycles. The van der Waals surface area contributed by atoms with E-state index in [4.69, 9.17) is 4.74 Å². The van der Waals surface area contributed by atoms with E-state index >= 15 is 0 Å². The van der Waals surface area contributed by atoms with Crippen LogP contribution in [0.2, 0.25) is 0 Å². The summed E-state index contributed by atoms with van der Waals surface area (Å²) >= 11 is 0. The smallest absolute Gasteiger partial charge is 0.258 e. The van der Waals surface area contributed by atoms with Crippen molar-refractivity contribution in [3.05, 3.63) is 88.5 Å². The second-order valence-corrected chi connectivity index (χ2v) is 9.73. The predicted molar refractivity (Wildman–Crippen MR) is 131 cm³/mol. The number of aryl methyl sites for hydroxylation is 1. The summed E-state index contributed by atoms with van der Waals surface area (Å²) in [5, 5.41) is 1.36. The van der Waals surface area contributed by atoms with E-state index in [2.05, 4.69) is 52.7 Å². The highest BCUT2D eigenvalue weighted by Gasteiger charge is 2.37. The SMILES string of the molecule is COc1ccc(-c2ccc3n(c2=O)C[C@H]2C[C@@H]3C[NH+](Cc3cn(C)c4ccccc34)C2)cc1. The van der Waals surface area contributed by atoms with Gasteiger partial charge in [-0.1, -0.05) is 30.3 Å². The third-order valence-electron chi connectivity index (χ3n) is 7.62. The predicted octanol–water partition coefficient (Wildman–Crippen LogP) is 3.22. The number of hydrogen-bond donors (Lipinski definition) is 1. The average Bonchev–Trinajstić information content (AvgIpc) is 3.15. The number of nitrogens with zero attached hydrogens (tertiary/aromatic N) is 2. The summed E-state index contributed by atoms with van der Waals surface area (Å²) < 4.78 is 9.57. The lowest BCUT2D eigenvalue weighted by molar-refractivity contribution is -0.924. The van der Waals surface area contributed by atoms with Crippen molar-refractivity contribution in [3.63, 3.8) is 0 Å². The molecule has 33 heavy (non-hydrogen) atoms. The highest BCUT2D eigenvalue weighted by atomic mass is 16.5. The number of hydrogen-bond acceptors (Lipinski definition) is 2. The van der Waals surface area contributed by atoms with Crippen LogP contribution < -0.4 is 15.2 Å². The van der Waals surface area contributed by atoms with Gasteiger partial charge in [0, 0.05) is 59.3 Å². The lowest BCUT2D eigenvalue weighted by Crippen LogP contribution is -3.13. The Kier molecular flexibility index (Phi) is 4.88. The number of fused-ring (bicyclic) bond motifs is 5. The minimum Gasteiger partial charge on any atom is -0.497 e. The van der Waals surface area contributed by atoms with Crippen LogP contribution in [0.15, 0.2) is 71.7 Å². The van der Waals surface area contributed by atoms with Crippen molar-refractivity contribution in [2.75, 3.05) is 20.2 Å². The van der Waals surface area contributed by atoms with Gasteiger partial charge < -0.3 is 18.8 Å². The molecule has 0 amide bonds. The van der Waals surface area contributed by atoms with Crippen LogP contribution in [0.5, 0.6) is 5.75 Å². The summed E-state index contributed by atoms with van der Waals surface area (Å²) in [4.78, 5) is 15.1. The molecule has 0 spiro atoms. The van der Waals surface area contributed by atoms with Crippen molar-refractivity contribution < 1.29 is 9.64 Å². The highest BCUT2D eigenvalue weighted by molar-refractivity contribution is 5.83. The number of piperidine rings is 1. The number of likely N-dealkylation sites (tertiary alicyclic amines) is 1. The standard InChI is InChI=1S/C28H29N3O2/c1-29-16-22(24-5-3-4-6-27(24)29)18-30-14-19-13-21(17-30)26-12-11-25(28(32)31(26)15-19)20-7-9-23(33-2)10-8-20/h3-12,16,19,21H,13-15,17-18H2,1-2H3/p+1/t19-,21+/m0/s1. The van der Waals surface area contributed by atoms with Crippen molar-refractivity contribution in [1.82, 2.24) is 9.13 Å². The van der Waals surface area contributed by atoms with Gasteiger partial charge in [-0.15, -0.1) is 0 Å². The number of pyridine rings is 1. The molecule has 2 aliphatic rings. The van der Waals surface area contributed by atoms with Crippen LogP contribution in [0.1, 0.15) is 23.6 Å². The van der Waals surface area contributed by atoms with Crippen LogP contribution in [0.4, 0.5) is 0 Å². The molecule has 5 nitrogen and oxygen atoms in total. The van der Waals surface area contributed by atoms with Gasteiger partial charge in [0.25, 0.3) is 5.56 Å². The average molecular weight is 441 g/mol. The van der Waals surface area contributed by atoms with E-state index in [1.54, 1.807) is 12.0 Å². The molecule has 1 fully saturated rings. The molecule has 5 heteroatoms. The third kappa shape index (κ3) is 3.47. The van der Waals surface area contributed by atoms with E-state index in [0.29, 0.717) is 11.8 Å². The van der Waals surface area contributed by atoms with Crippen LogP contribution >= 0.6 is 0 Å². The largest absolute Gasteiger partial charge is 0.497 e. The number of methoxy groups -OCH3 is 1. The van der Waals surface area contributed by atoms with Gasteiger partial charge in [-0.2, -0.15) is 0 Å². The van der Waals surface area contributed by atoms with Crippen molar-refractivity contribution in [2.45, 2.75) is 25.4 Å². The lowest BCUT2D eigenvalue weighted by Gasteiger charge is -2.40. The number of rotatable bonds is 4. The molecule has 1 N–H and O–H groups in total. The van der Waals surface area contributed by atoms with Gasteiger partial charge in [0.1, 0.15) is 12.3 Å². The van der Waals surface area contributed by atoms with Crippen molar-refractivity contribution in [1.29, 1.82) is 0 Å². The van der Waals surface area contributed by atoms with Gasteiger partial charge in [-0.3, -0.25) is 4.79 Å². The molecule has 6 rings (SSSR count). The molecule has 0 aliphatic carbocycles. The molecule has 4 heterocycles. The van der Waals surface area contributed by atoms with Gasteiger partial charge >= 0.3 is 0 Å². The first kappa shape index (κ1) is 20.3. The van der Waals surface area contributed by atoms with E-state index in [-0.39, 0.29) is 5.56 Å². The molecule has 1 unspecified atom stereocenters. The number of benzene rings is 2. The molecule has 168 valence electrons. The Morgan fingerprint density at radius 3 is 2.67 bits per heavy atom. The molecule has 0 radical (unpaired) electrons. The monoisotopic (exact) mass is 440 g/mol. The number of aromatic nitrogens is 2. The van der Waals surface area contributed by atoms with Crippen molar-refractivity contribution >= 4 is 10.9 Å². The summed E-state index contributed by atoms with van der Waals surface area (Å²) in [6, 6.07) is 20.7. The minimum atomic E-state index is 0.143. The minimum absolute atomic E-state index is 0.143. The molecule has 0 saturated carbocycles. The summed E-state index contributed by atoms with van der Waals surface area (Å²) in [6.45, 7) is 4.08. The Morgan fingerprint density at radius 1 is 1.03 bits per heavy atom. The fourth-order valence-corrected chi connectivity index (χ4v) is 6.14. The normalized spacial score (nSPS) is 21.7. The number of para-hydroxylation sites is 1. The molecule has 2 aromatic heterocycles. The fraction of sp³-hybridized carbons (Fsp3) is 0.321. The van der Waals surface area contributed by atoms with E-state index in [1.807, 2.05) is 30.3 Å². The molecular formula is C28H30N3O2+. The molecule has 2 bridgehead atoms. The Morgan fingerprint density at radius 2 is 1.85 bits per heavy atom. The van der Waals surface area contributed by atoms with Crippen LogP contribution in [-0.4, -0.2) is 29.3 Å². The second-order valence-electron chi connectivity index (χ2n) is 9.73. The maximum atomic E-state index is 13.4. The Labute approximate surface area is 193 Å². The summed E-state index contributed by atoms with van der Waals surface area (Å²) in [5.41, 5.74) is 5.81. The van der Waals surface area contributed by atoms with Crippen LogP contribution in [0.25, 0.3) is 22.0 Å². The lowest BCUT2D eigenvalue weighted by atomic mass is 9.82. The number of quaternary nitrogens is 1. The molecule has 4 aromatic rings. The van der Waals surface area contributed by atoms with Gasteiger partial charge in [-0.25, -0.2) is 0 Å². The Hall–Kier alpha value is -3.31. The maximum absolute atomic E-state index is 13.4. The number of nitrogens with one attached hydrogen (secondary N) is 1. The summed E-state index contributed by atoms with van der Waals surface area (Å²) in [7, 11) is 3.79. The first-order valence-electron chi connectivity index (χ1n) is 11.9. The second kappa shape index (κ2) is 7.92. The third-order valence-corrected chi connectivity index (χ3v) is 7.62. The van der Waals surface area contributed by atoms with Gasteiger partial charge in [0.15, 0.2) is 0 Å². The van der Waals surface area contributed by atoms with E-state index < -0.39 is 0 Å². The number of ether oxygens (including phenoxy) is 1. The van der Waals surface area contributed by atoms with E-state index in [9.17, 15) is 4.79 Å². The van der Waals surface area contributed by atoms with Crippen LogP contribution in [-0.2, 0) is 20.1 Å². The van der Waals surface area contributed by atoms with Crippen molar-refractivity contribution in [2.24, 2.45) is 13.0 Å². The Bertz CT molecular complexity index is 1380. The van der Waals surface area contributed by atoms with E-state index in [0.717, 1.165) is 43.1 Å².